The monoisotopic (exact) mass is 361 g/mol. The van der Waals surface area contributed by atoms with E-state index in [2.05, 4.69) is 28.3 Å². The molecule has 0 N–H and O–H groups in total. The number of hydrogen-bond acceptors (Lipinski definition) is 5. The van der Waals surface area contributed by atoms with Gasteiger partial charge in [-0.25, -0.2) is 9.48 Å². The molecule has 1 unspecified atom stereocenters. The van der Waals surface area contributed by atoms with Crippen LogP contribution in [0, 0.1) is 12.8 Å². The van der Waals surface area contributed by atoms with Gasteiger partial charge < -0.3 is 4.42 Å². The van der Waals surface area contributed by atoms with Crippen LogP contribution in [-0.2, 0) is 6.54 Å². The summed E-state index contributed by atoms with van der Waals surface area (Å²) in [6.07, 6.45) is 6.10. The van der Waals surface area contributed by atoms with Gasteiger partial charge in [-0.15, -0.1) is 5.10 Å². The normalized spacial score (nSPS) is 15.3. The lowest BCUT2D eigenvalue weighted by atomic mass is 10.1. The Balaban J connectivity index is 1.48. The fourth-order valence-corrected chi connectivity index (χ4v) is 3.57. The number of aryl methyl sites for hydroxylation is 1. The Morgan fingerprint density at radius 1 is 1.26 bits per heavy atom. The van der Waals surface area contributed by atoms with Crippen LogP contribution in [-0.4, -0.2) is 24.5 Å². The minimum atomic E-state index is -0.384. The Labute approximate surface area is 155 Å². The van der Waals surface area contributed by atoms with E-state index in [-0.39, 0.29) is 11.8 Å². The van der Waals surface area contributed by atoms with Gasteiger partial charge in [-0.3, -0.25) is 9.55 Å². The van der Waals surface area contributed by atoms with Crippen LogP contribution in [0.15, 0.2) is 58.0 Å². The summed E-state index contributed by atoms with van der Waals surface area (Å²) in [5.41, 5.74) is 4.26. The van der Waals surface area contributed by atoms with E-state index < -0.39 is 0 Å². The van der Waals surface area contributed by atoms with Crippen LogP contribution in [0.4, 0.5) is 0 Å². The van der Waals surface area contributed by atoms with E-state index in [1.54, 1.807) is 10.6 Å². The molecule has 0 amide bonds. The molecule has 3 aromatic heterocycles. The summed E-state index contributed by atoms with van der Waals surface area (Å²) >= 11 is 0. The maximum absolute atomic E-state index is 12.2. The lowest BCUT2D eigenvalue weighted by Crippen LogP contribution is -2.16. The van der Waals surface area contributed by atoms with Crippen molar-refractivity contribution in [3.8, 4) is 0 Å². The Bertz CT molecular complexity index is 1170. The molecule has 1 aliphatic rings. The molecule has 7 heteroatoms. The molecule has 0 saturated heterocycles. The third-order valence-electron chi connectivity index (χ3n) is 5.04. The predicted molar refractivity (Wildman–Crippen MR) is 99.4 cm³/mol. The molecule has 1 saturated carbocycles. The van der Waals surface area contributed by atoms with Crippen molar-refractivity contribution in [2.24, 2.45) is 5.92 Å². The first-order valence-electron chi connectivity index (χ1n) is 9.11. The number of benzene rings is 1. The zero-order valence-corrected chi connectivity index (χ0v) is 14.9. The Kier molecular flexibility index (Phi) is 3.67. The second-order valence-corrected chi connectivity index (χ2v) is 7.15. The van der Waals surface area contributed by atoms with Crippen molar-refractivity contribution >= 4 is 11.1 Å². The van der Waals surface area contributed by atoms with E-state index in [4.69, 9.17) is 4.42 Å². The molecule has 1 aromatic carbocycles. The number of oxazole rings is 1. The molecule has 1 aliphatic carbocycles. The molecule has 1 atom stereocenters. The Hall–Kier alpha value is -3.22. The summed E-state index contributed by atoms with van der Waals surface area (Å²) in [6.45, 7) is 2.40. The third-order valence-corrected chi connectivity index (χ3v) is 5.04. The van der Waals surface area contributed by atoms with Crippen LogP contribution >= 0.6 is 0 Å². The summed E-state index contributed by atoms with van der Waals surface area (Å²) in [7, 11) is 0. The zero-order valence-electron chi connectivity index (χ0n) is 14.9. The van der Waals surface area contributed by atoms with Gasteiger partial charge in [0.25, 0.3) is 0 Å². The molecular weight excluding hydrogens is 342 g/mol. The Morgan fingerprint density at radius 2 is 2.11 bits per heavy atom. The van der Waals surface area contributed by atoms with E-state index in [1.807, 2.05) is 41.3 Å². The molecule has 136 valence electrons. The molecule has 0 bridgehead atoms. The summed E-state index contributed by atoms with van der Waals surface area (Å²) in [4.78, 5) is 16.8. The number of nitrogens with zero attached hydrogens (tertiary/aromatic N) is 5. The van der Waals surface area contributed by atoms with Crippen molar-refractivity contribution in [1.82, 2.24) is 24.5 Å². The molecular formula is C20H19N5O2. The summed E-state index contributed by atoms with van der Waals surface area (Å²) in [5, 5.41) is 8.66. The van der Waals surface area contributed by atoms with Crippen LogP contribution in [0.25, 0.3) is 11.1 Å². The maximum Gasteiger partial charge on any atom is 0.420 e. The number of rotatable bonds is 5. The molecule has 0 spiro atoms. The number of hydrogen-bond donors (Lipinski definition) is 0. The van der Waals surface area contributed by atoms with Crippen LogP contribution < -0.4 is 5.76 Å². The summed E-state index contributed by atoms with van der Waals surface area (Å²) in [5.74, 6) is 0.149. The van der Waals surface area contributed by atoms with Crippen molar-refractivity contribution in [3.63, 3.8) is 0 Å². The first-order chi connectivity index (χ1) is 13.2. The van der Waals surface area contributed by atoms with Gasteiger partial charge in [-0.2, -0.15) is 0 Å². The first-order valence-corrected chi connectivity index (χ1v) is 9.11. The lowest BCUT2D eigenvalue weighted by Gasteiger charge is -2.16. The van der Waals surface area contributed by atoms with Crippen LogP contribution in [0.2, 0.25) is 0 Å². The average molecular weight is 361 g/mol. The van der Waals surface area contributed by atoms with Gasteiger partial charge in [0.05, 0.1) is 30.0 Å². The maximum atomic E-state index is 12.2. The van der Waals surface area contributed by atoms with Gasteiger partial charge in [0, 0.05) is 6.20 Å². The standard InChI is InChI=1S/C20H19N5O2/c1-13-8-9-21-16(10-13)19(14-6-7-14)25-12-15(22-23-25)11-24-17-4-2-3-5-18(17)27-20(24)26/h2-5,8-10,12,14,19H,6-7,11H2,1H3. The van der Waals surface area contributed by atoms with Gasteiger partial charge in [0.15, 0.2) is 5.58 Å². The van der Waals surface area contributed by atoms with Gasteiger partial charge in [-0.1, -0.05) is 17.3 Å². The topological polar surface area (TPSA) is 78.7 Å². The summed E-state index contributed by atoms with van der Waals surface area (Å²) < 4.78 is 8.77. The van der Waals surface area contributed by atoms with E-state index in [0.29, 0.717) is 18.0 Å². The first kappa shape index (κ1) is 16.0. The fourth-order valence-electron chi connectivity index (χ4n) is 3.57. The van der Waals surface area contributed by atoms with Crippen LogP contribution in [0.5, 0.6) is 0 Å². The van der Waals surface area contributed by atoms with Crippen molar-refractivity contribution in [1.29, 1.82) is 0 Å². The molecule has 0 aliphatic heterocycles. The van der Waals surface area contributed by atoms with E-state index in [0.717, 1.165) is 16.9 Å². The molecule has 3 heterocycles. The molecule has 5 rings (SSSR count). The van der Waals surface area contributed by atoms with Gasteiger partial charge in [-0.05, 0) is 55.5 Å². The highest BCUT2D eigenvalue weighted by Gasteiger charge is 2.35. The highest BCUT2D eigenvalue weighted by atomic mass is 16.4. The molecule has 27 heavy (non-hydrogen) atoms. The molecule has 1 fully saturated rings. The highest BCUT2D eigenvalue weighted by molar-refractivity contribution is 5.72. The van der Waals surface area contributed by atoms with E-state index >= 15 is 0 Å². The molecule has 4 aromatic rings. The van der Waals surface area contributed by atoms with E-state index in [9.17, 15) is 4.79 Å². The highest BCUT2D eigenvalue weighted by Crippen LogP contribution is 2.42. The van der Waals surface area contributed by atoms with E-state index in [1.165, 1.54) is 18.4 Å². The fraction of sp³-hybridized carbons (Fsp3) is 0.300. The van der Waals surface area contributed by atoms with Gasteiger partial charge in [0.2, 0.25) is 0 Å². The number of pyridine rings is 1. The largest absolute Gasteiger partial charge is 0.420 e. The second-order valence-electron chi connectivity index (χ2n) is 7.15. The minimum Gasteiger partial charge on any atom is -0.408 e. The number of aromatic nitrogens is 5. The average Bonchev–Trinajstić information content (AvgIpc) is 3.30. The minimum absolute atomic E-state index is 0.0870. The van der Waals surface area contributed by atoms with Crippen molar-refractivity contribution in [2.75, 3.05) is 0 Å². The number of fused-ring (bicyclic) bond motifs is 1. The lowest BCUT2D eigenvalue weighted by molar-refractivity contribution is 0.448. The molecule has 0 radical (unpaired) electrons. The van der Waals surface area contributed by atoms with Crippen LogP contribution in [0.3, 0.4) is 0 Å². The predicted octanol–water partition coefficient (Wildman–Crippen LogP) is 2.94. The van der Waals surface area contributed by atoms with Crippen LogP contribution in [0.1, 0.15) is 35.8 Å². The third kappa shape index (κ3) is 2.95. The SMILES string of the molecule is Cc1ccnc(C(C2CC2)n2cc(Cn3c(=O)oc4ccccc43)nn2)c1. The second kappa shape index (κ2) is 6.19. The Morgan fingerprint density at radius 3 is 2.93 bits per heavy atom. The zero-order chi connectivity index (χ0) is 18.4. The quantitative estimate of drug-likeness (QED) is 0.546. The smallest absolute Gasteiger partial charge is 0.408 e. The van der Waals surface area contributed by atoms with Crippen molar-refractivity contribution in [2.45, 2.75) is 32.4 Å². The van der Waals surface area contributed by atoms with Gasteiger partial charge >= 0.3 is 5.76 Å². The van der Waals surface area contributed by atoms with Gasteiger partial charge in [0.1, 0.15) is 5.69 Å². The van der Waals surface area contributed by atoms with Crippen molar-refractivity contribution in [3.05, 3.63) is 76.3 Å². The van der Waals surface area contributed by atoms with Crippen molar-refractivity contribution < 1.29 is 4.42 Å². The number of para-hydroxylation sites is 2. The molecule has 7 nitrogen and oxygen atoms in total. The summed E-state index contributed by atoms with van der Waals surface area (Å²) in [6, 6.07) is 11.6.